The number of hydrogen-bond donors (Lipinski definition) is 1. The Kier molecular flexibility index (Phi) is 4.94. The molecule has 0 spiro atoms. The van der Waals surface area contributed by atoms with Crippen molar-refractivity contribution in [2.75, 3.05) is 11.4 Å². The number of rotatable bonds is 3. The molecule has 1 fully saturated rings. The molecule has 3 unspecified atom stereocenters. The van der Waals surface area contributed by atoms with Crippen molar-refractivity contribution >= 4 is 29.3 Å². The fraction of sp³-hybridized carbons (Fsp3) is 0.471. The van der Waals surface area contributed by atoms with Gasteiger partial charge in [-0.05, 0) is 49.0 Å². The Morgan fingerprint density at radius 3 is 2.71 bits per heavy atom. The van der Waals surface area contributed by atoms with E-state index in [0.717, 1.165) is 23.9 Å². The van der Waals surface area contributed by atoms with E-state index in [1.165, 1.54) is 12.5 Å². The summed E-state index contributed by atoms with van der Waals surface area (Å²) in [5, 5.41) is 9.27. The summed E-state index contributed by atoms with van der Waals surface area (Å²) in [6.07, 6.45) is 3.89. The predicted octanol–water partition coefficient (Wildman–Crippen LogP) is 4.31. The highest BCUT2D eigenvalue weighted by molar-refractivity contribution is 6.32. The fourth-order valence-corrected chi connectivity index (χ4v) is 3.28. The Morgan fingerprint density at radius 2 is 2.10 bits per heavy atom. The molecule has 0 radical (unpaired) electrons. The lowest BCUT2D eigenvalue weighted by Crippen LogP contribution is -2.45. The molecule has 1 N–H and O–H groups in total. The molecule has 1 aliphatic rings. The van der Waals surface area contributed by atoms with Crippen molar-refractivity contribution in [2.24, 2.45) is 11.8 Å². The minimum Gasteiger partial charge on any atom is -0.478 e. The van der Waals surface area contributed by atoms with Crippen LogP contribution < -0.4 is 4.90 Å². The molecule has 1 saturated heterocycles. The van der Waals surface area contributed by atoms with E-state index >= 15 is 0 Å². The van der Waals surface area contributed by atoms with Crippen molar-refractivity contribution in [3.05, 3.63) is 34.9 Å². The zero-order valence-electron chi connectivity index (χ0n) is 12.7. The van der Waals surface area contributed by atoms with Gasteiger partial charge in [0.05, 0.1) is 0 Å². The first-order valence-corrected chi connectivity index (χ1v) is 7.73. The Morgan fingerprint density at radius 1 is 1.38 bits per heavy atom. The van der Waals surface area contributed by atoms with Gasteiger partial charge in [-0.2, -0.15) is 0 Å². The van der Waals surface area contributed by atoms with Crippen LogP contribution in [0.1, 0.15) is 32.8 Å². The standard InChI is InChI=1S/C17H22ClNO2/c1-11-8-12(2)13(3)19(10-11)15-6-4-14(16(18)9-15)5-7-17(20)21/h4-7,9,11-13H,8,10H2,1-3H3,(H,20,21)/b7-5+. The van der Waals surface area contributed by atoms with Crippen molar-refractivity contribution in [1.29, 1.82) is 0 Å². The maximum atomic E-state index is 10.6. The molecule has 0 saturated carbocycles. The summed E-state index contributed by atoms with van der Waals surface area (Å²) in [6.45, 7) is 7.86. The first-order valence-electron chi connectivity index (χ1n) is 7.35. The highest BCUT2D eigenvalue weighted by Crippen LogP contribution is 2.33. The largest absolute Gasteiger partial charge is 0.478 e. The van der Waals surface area contributed by atoms with E-state index in [2.05, 4.69) is 25.7 Å². The van der Waals surface area contributed by atoms with Crippen LogP contribution in [0.25, 0.3) is 6.08 Å². The van der Waals surface area contributed by atoms with Gasteiger partial charge in [0, 0.05) is 29.4 Å². The van der Waals surface area contributed by atoms with Gasteiger partial charge < -0.3 is 10.0 Å². The van der Waals surface area contributed by atoms with E-state index in [-0.39, 0.29) is 0 Å². The average Bonchev–Trinajstić information content (AvgIpc) is 2.41. The second-order valence-electron chi connectivity index (χ2n) is 6.09. The summed E-state index contributed by atoms with van der Waals surface area (Å²) in [6, 6.07) is 6.32. The molecule has 1 heterocycles. The van der Waals surface area contributed by atoms with Crippen LogP contribution in [0.5, 0.6) is 0 Å². The summed E-state index contributed by atoms with van der Waals surface area (Å²) in [5.41, 5.74) is 1.84. The molecule has 1 aromatic carbocycles. The minimum atomic E-state index is -0.970. The zero-order valence-corrected chi connectivity index (χ0v) is 13.5. The number of aliphatic carboxylic acids is 1. The summed E-state index contributed by atoms with van der Waals surface area (Å²) < 4.78 is 0. The number of carboxylic acids is 1. The van der Waals surface area contributed by atoms with E-state index in [4.69, 9.17) is 16.7 Å². The van der Waals surface area contributed by atoms with Crippen LogP contribution in [-0.4, -0.2) is 23.7 Å². The summed E-state index contributed by atoms with van der Waals surface area (Å²) in [5.74, 6) is 0.350. The van der Waals surface area contributed by atoms with Gasteiger partial charge in [-0.1, -0.05) is 31.5 Å². The molecule has 21 heavy (non-hydrogen) atoms. The number of nitrogens with zero attached hydrogens (tertiary/aromatic N) is 1. The number of benzene rings is 1. The smallest absolute Gasteiger partial charge is 0.328 e. The van der Waals surface area contributed by atoms with E-state index in [1.54, 1.807) is 0 Å². The topological polar surface area (TPSA) is 40.5 Å². The third-order valence-corrected chi connectivity index (χ3v) is 4.65. The normalized spacial score (nSPS) is 26.3. The second kappa shape index (κ2) is 6.52. The van der Waals surface area contributed by atoms with Gasteiger partial charge >= 0.3 is 5.97 Å². The van der Waals surface area contributed by atoms with Crippen LogP contribution in [0.2, 0.25) is 5.02 Å². The van der Waals surface area contributed by atoms with Gasteiger partial charge in [-0.25, -0.2) is 4.79 Å². The molecule has 2 rings (SSSR count). The van der Waals surface area contributed by atoms with Crippen molar-refractivity contribution in [1.82, 2.24) is 0 Å². The molecule has 114 valence electrons. The Bertz CT molecular complexity index is 556. The van der Waals surface area contributed by atoms with Crippen LogP contribution >= 0.6 is 11.6 Å². The molecule has 3 nitrogen and oxygen atoms in total. The Balaban J connectivity index is 2.25. The van der Waals surface area contributed by atoms with E-state index < -0.39 is 5.97 Å². The maximum Gasteiger partial charge on any atom is 0.328 e. The molecule has 0 amide bonds. The van der Waals surface area contributed by atoms with Gasteiger partial charge in [0.15, 0.2) is 0 Å². The first-order chi connectivity index (χ1) is 9.88. The molecule has 1 aromatic rings. The number of carboxylic acid groups (broad SMARTS) is 1. The molecular formula is C17H22ClNO2. The number of hydrogen-bond acceptors (Lipinski definition) is 2. The molecule has 0 aromatic heterocycles. The van der Waals surface area contributed by atoms with Crippen molar-refractivity contribution in [3.63, 3.8) is 0 Å². The lowest BCUT2D eigenvalue weighted by atomic mass is 9.85. The third kappa shape index (κ3) is 3.79. The SMILES string of the molecule is CC1CC(C)C(C)N(c2ccc(/C=C/C(=O)O)c(Cl)c2)C1. The highest BCUT2D eigenvalue weighted by Gasteiger charge is 2.28. The van der Waals surface area contributed by atoms with Gasteiger partial charge in [0.1, 0.15) is 0 Å². The monoisotopic (exact) mass is 307 g/mol. The first kappa shape index (κ1) is 15.9. The quantitative estimate of drug-likeness (QED) is 0.846. The van der Waals surface area contributed by atoms with E-state index in [9.17, 15) is 4.79 Å². The molecular weight excluding hydrogens is 286 g/mol. The lowest BCUT2D eigenvalue weighted by Gasteiger charge is -2.42. The zero-order chi connectivity index (χ0) is 15.6. The van der Waals surface area contributed by atoms with Crippen LogP contribution in [0.3, 0.4) is 0 Å². The lowest BCUT2D eigenvalue weighted by molar-refractivity contribution is -0.131. The number of anilines is 1. The van der Waals surface area contributed by atoms with Crippen LogP contribution in [0, 0.1) is 11.8 Å². The fourth-order valence-electron chi connectivity index (χ4n) is 3.05. The van der Waals surface area contributed by atoms with Gasteiger partial charge in [-0.15, -0.1) is 0 Å². The Hall–Kier alpha value is -1.48. The predicted molar refractivity (Wildman–Crippen MR) is 87.9 cm³/mol. The summed E-state index contributed by atoms with van der Waals surface area (Å²) in [4.78, 5) is 13.0. The van der Waals surface area contributed by atoms with Crippen molar-refractivity contribution in [2.45, 2.75) is 33.2 Å². The minimum absolute atomic E-state index is 0.484. The molecule has 0 aliphatic carbocycles. The summed E-state index contributed by atoms with van der Waals surface area (Å²) >= 11 is 6.28. The van der Waals surface area contributed by atoms with E-state index in [1.807, 2.05) is 18.2 Å². The van der Waals surface area contributed by atoms with Gasteiger partial charge in [0.25, 0.3) is 0 Å². The molecule has 1 aliphatic heterocycles. The average molecular weight is 308 g/mol. The number of carbonyl (C=O) groups is 1. The number of piperidine rings is 1. The summed E-state index contributed by atoms with van der Waals surface area (Å²) in [7, 11) is 0. The van der Waals surface area contributed by atoms with Gasteiger partial charge in [-0.3, -0.25) is 0 Å². The van der Waals surface area contributed by atoms with Crippen LogP contribution in [0.4, 0.5) is 5.69 Å². The Labute approximate surface area is 131 Å². The van der Waals surface area contributed by atoms with E-state index in [0.29, 0.717) is 22.9 Å². The second-order valence-corrected chi connectivity index (χ2v) is 6.50. The van der Waals surface area contributed by atoms with Crippen molar-refractivity contribution < 1.29 is 9.90 Å². The molecule has 4 heteroatoms. The van der Waals surface area contributed by atoms with Crippen molar-refractivity contribution in [3.8, 4) is 0 Å². The molecule has 0 bridgehead atoms. The molecule has 3 atom stereocenters. The third-order valence-electron chi connectivity index (χ3n) is 4.32. The van der Waals surface area contributed by atoms with Gasteiger partial charge in [0.2, 0.25) is 0 Å². The maximum absolute atomic E-state index is 10.6. The highest BCUT2D eigenvalue weighted by atomic mass is 35.5. The van der Waals surface area contributed by atoms with Crippen LogP contribution in [-0.2, 0) is 4.79 Å². The van der Waals surface area contributed by atoms with Crippen LogP contribution in [0.15, 0.2) is 24.3 Å². The number of halogens is 1.